The molecule has 1 amide bonds. The van der Waals surface area contributed by atoms with Crippen molar-refractivity contribution in [1.29, 1.82) is 0 Å². The molecule has 2 fully saturated rings. The van der Waals surface area contributed by atoms with Crippen molar-refractivity contribution >= 4 is 27.4 Å². The minimum Gasteiger partial charge on any atom is -0.326 e. The smallest absolute Gasteiger partial charge is 0.243 e. The Kier molecular flexibility index (Phi) is 5.28. The number of hydrogen-bond acceptors (Lipinski definition) is 4. The maximum Gasteiger partial charge on any atom is 0.243 e. The van der Waals surface area contributed by atoms with Crippen LogP contribution in [0.3, 0.4) is 0 Å². The number of ketones is 1. The molecule has 1 N–H and O–H groups in total. The Labute approximate surface area is 177 Å². The van der Waals surface area contributed by atoms with Crippen LogP contribution in [-0.4, -0.2) is 37.5 Å². The predicted molar refractivity (Wildman–Crippen MR) is 115 cm³/mol. The number of nitrogens with zero attached hydrogens (tertiary/aromatic N) is 1. The molecule has 7 heteroatoms. The molecule has 2 aromatic carbocycles. The first-order chi connectivity index (χ1) is 14.2. The Morgan fingerprint density at radius 3 is 2.50 bits per heavy atom. The van der Waals surface area contributed by atoms with Gasteiger partial charge >= 0.3 is 0 Å². The van der Waals surface area contributed by atoms with E-state index in [1.54, 1.807) is 48.5 Å². The maximum absolute atomic E-state index is 13.7. The molecule has 0 bridgehead atoms. The number of fused-ring (bicyclic) bond motifs is 1. The average molecular weight is 427 g/mol. The number of aryl methyl sites for hydroxylation is 1. The fraction of sp³-hybridized carbons (Fsp3) is 0.391. The van der Waals surface area contributed by atoms with Gasteiger partial charge < -0.3 is 5.32 Å². The molecule has 2 aliphatic rings. The molecule has 4 rings (SSSR count). The van der Waals surface area contributed by atoms with Crippen molar-refractivity contribution < 1.29 is 18.0 Å². The number of Topliss-reactive ketones (excluding diaryl/α,β-unsaturated/α-hetero) is 1. The van der Waals surface area contributed by atoms with E-state index in [4.69, 9.17) is 0 Å². The van der Waals surface area contributed by atoms with Gasteiger partial charge in [0.15, 0.2) is 5.78 Å². The standard InChI is InChI=1S/C23H26N2O4S/c1-16-9-11-19(12-10-16)30(28,29)25-14-18-6-5-13-23(18,15-25)22(27)20-7-3-4-8-21(20)24-17(2)26/h3-4,7-12,18H,5-6,13-15H2,1-2H3,(H,24,26)/t18-,23-/m1/s1. The lowest BCUT2D eigenvalue weighted by Crippen LogP contribution is -2.38. The average Bonchev–Trinajstić information content (AvgIpc) is 3.27. The first-order valence-electron chi connectivity index (χ1n) is 10.2. The lowest BCUT2D eigenvalue weighted by molar-refractivity contribution is -0.114. The molecule has 1 saturated heterocycles. The number of amides is 1. The van der Waals surface area contributed by atoms with E-state index >= 15 is 0 Å². The highest BCUT2D eigenvalue weighted by atomic mass is 32.2. The number of anilines is 1. The zero-order valence-corrected chi connectivity index (χ0v) is 18.0. The van der Waals surface area contributed by atoms with E-state index in [-0.39, 0.29) is 29.0 Å². The van der Waals surface area contributed by atoms with Crippen molar-refractivity contribution in [3.05, 3.63) is 59.7 Å². The van der Waals surface area contributed by atoms with Gasteiger partial charge in [-0.1, -0.05) is 36.2 Å². The van der Waals surface area contributed by atoms with E-state index in [0.717, 1.165) is 18.4 Å². The zero-order valence-electron chi connectivity index (χ0n) is 17.2. The first-order valence-corrected chi connectivity index (χ1v) is 11.7. The predicted octanol–water partition coefficient (Wildman–Crippen LogP) is 3.63. The molecule has 30 heavy (non-hydrogen) atoms. The minimum atomic E-state index is -3.67. The number of carbonyl (C=O) groups excluding carboxylic acids is 2. The molecular weight excluding hydrogens is 400 g/mol. The van der Waals surface area contributed by atoms with E-state index in [0.29, 0.717) is 24.2 Å². The van der Waals surface area contributed by atoms with Gasteiger partial charge in [0.25, 0.3) is 0 Å². The molecule has 6 nitrogen and oxygen atoms in total. The Hall–Kier alpha value is -2.51. The maximum atomic E-state index is 13.7. The first kappa shape index (κ1) is 20.8. The molecule has 158 valence electrons. The summed E-state index contributed by atoms with van der Waals surface area (Å²) < 4.78 is 28.0. The summed E-state index contributed by atoms with van der Waals surface area (Å²) in [6.45, 7) is 3.85. The molecule has 1 heterocycles. The van der Waals surface area contributed by atoms with Gasteiger partial charge in [-0.25, -0.2) is 8.42 Å². The summed E-state index contributed by atoms with van der Waals surface area (Å²) in [4.78, 5) is 25.6. The van der Waals surface area contributed by atoms with Crippen molar-refractivity contribution in [3.63, 3.8) is 0 Å². The quantitative estimate of drug-likeness (QED) is 0.740. The van der Waals surface area contributed by atoms with Crippen LogP contribution in [0.1, 0.15) is 42.1 Å². The highest BCUT2D eigenvalue weighted by Gasteiger charge is 2.57. The molecule has 0 radical (unpaired) electrons. The van der Waals surface area contributed by atoms with Crippen LogP contribution in [-0.2, 0) is 14.8 Å². The highest BCUT2D eigenvalue weighted by Crippen LogP contribution is 2.52. The third-order valence-corrected chi connectivity index (χ3v) is 8.26. The van der Waals surface area contributed by atoms with Crippen LogP contribution in [0.5, 0.6) is 0 Å². The number of rotatable bonds is 5. The van der Waals surface area contributed by atoms with Crippen LogP contribution >= 0.6 is 0 Å². The van der Waals surface area contributed by atoms with Gasteiger partial charge in [-0.3, -0.25) is 9.59 Å². The van der Waals surface area contributed by atoms with E-state index < -0.39 is 15.4 Å². The second-order valence-corrected chi connectivity index (χ2v) is 10.3. The number of sulfonamides is 1. The summed E-state index contributed by atoms with van der Waals surface area (Å²) in [6, 6.07) is 13.8. The highest BCUT2D eigenvalue weighted by molar-refractivity contribution is 7.89. The molecule has 1 saturated carbocycles. The van der Waals surface area contributed by atoms with Gasteiger partial charge in [-0.05, 0) is 49.9 Å². The summed E-state index contributed by atoms with van der Waals surface area (Å²) in [5, 5.41) is 2.74. The SMILES string of the molecule is CC(=O)Nc1ccccc1C(=O)[C@@]12CCC[C@@H]1CN(S(=O)(=O)c1ccc(C)cc1)C2. The summed E-state index contributed by atoms with van der Waals surface area (Å²) in [7, 11) is -3.67. The molecule has 0 spiro atoms. The molecule has 0 aromatic heterocycles. The fourth-order valence-corrected chi connectivity index (χ4v) is 6.46. The van der Waals surface area contributed by atoms with Crippen LogP contribution in [0.25, 0.3) is 0 Å². The summed E-state index contributed by atoms with van der Waals surface area (Å²) in [5.74, 6) is -0.336. The van der Waals surface area contributed by atoms with Crippen LogP contribution in [0.4, 0.5) is 5.69 Å². The number of benzene rings is 2. The van der Waals surface area contributed by atoms with Crippen molar-refractivity contribution in [2.75, 3.05) is 18.4 Å². The van der Waals surface area contributed by atoms with E-state index in [2.05, 4.69) is 5.32 Å². The van der Waals surface area contributed by atoms with E-state index in [1.165, 1.54) is 11.2 Å². The monoisotopic (exact) mass is 426 g/mol. The summed E-state index contributed by atoms with van der Waals surface area (Å²) in [6.07, 6.45) is 2.38. The third kappa shape index (κ3) is 3.46. The van der Waals surface area contributed by atoms with Gasteiger partial charge in [0, 0.05) is 25.6 Å². The normalized spacial score (nSPS) is 23.9. The minimum absolute atomic E-state index is 0.0180. The lowest BCUT2D eigenvalue weighted by Gasteiger charge is -2.28. The van der Waals surface area contributed by atoms with Crippen LogP contribution in [0.2, 0.25) is 0 Å². The van der Waals surface area contributed by atoms with Gasteiger partial charge in [0.05, 0.1) is 16.0 Å². The van der Waals surface area contributed by atoms with Crippen molar-refractivity contribution in [1.82, 2.24) is 4.31 Å². The van der Waals surface area contributed by atoms with Crippen LogP contribution < -0.4 is 5.32 Å². The largest absolute Gasteiger partial charge is 0.326 e. The second-order valence-electron chi connectivity index (χ2n) is 8.41. The second kappa shape index (κ2) is 7.63. The summed E-state index contributed by atoms with van der Waals surface area (Å²) in [5.41, 5.74) is 1.18. The molecule has 0 unspecified atom stereocenters. The van der Waals surface area contributed by atoms with Crippen LogP contribution in [0.15, 0.2) is 53.4 Å². The van der Waals surface area contributed by atoms with Gasteiger partial charge in [-0.15, -0.1) is 0 Å². The van der Waals surface area contributed by atoms with Crippen molar-refractivity contribution in [2.24, 2.45) is 11.3 Å². The molecule has 1 aliphatic heterocycles. The van der Waals surface area contributed by atoms with Gasteiger partial charge in [0.1, 0.15) is 0 Å². The van der Waals surface area contributed by atoms with Crippen molar-refractivity contribution in [2.45, 2.75) is 38.0 Å². The number of hydrogen-bond donors (Lipinski definition) is 1. The Morgan fingerprint density at radius 1 is 1.10 bits per heavy atom. The van der Waals surface area contributed by atoms with Crippen molar-refractivity contribution in [3.8, 4) is 0 Å². The Bertz CT molecular complexity index is 1090. The van der Waals surface area contributed by atoms with Crippen LogP contribution in [0, 0.1) is 18.3 Å². The number of nitrogens with one attached hydrogen (secondary N) is 1. The third-order valence-electron chi connectivity index (χ3n) is 6.43. The fourth-order valence-electron chi connectivity index (χ4n) is 4.90. The topological polar surface area (TPSA) is 83.6 Å². The molecule has 2 aromatic rings. The molecular formula is C23H26N2O4S. The molecule has 1 aliphatic carbocycles. The van der Waals surface area contributed by atoms with Gasteiger partial charge in [0.2, 0.25) is 15.9 Å². The van der Waals surface area contributed by atoms with E-state index in [9.17, 15) is 18.0 Å². The zero-order chi connectivity index (χ0) is 21.5. The molecule has 2 atom stereocenters. The lowest BCUT2D eigenvalue weighted by atomic mass is 9.74. The number of carbonyl (C=O) groups is 2. The summed E-state index contributed by atoms with van der Waals surface area (Å²) >= 11 is 0. The Morgan fingerprint density at radius 2 is 1.80 bits per heavy atom. The van der Waals surface area contributed by atoms with Gasteiger partial charge in [-0.2, -0.15) is 4.31 Å². The van der Waals surface area contributed by atoms with E-state index in [1.807, 2.05) is 6.92 Å². The number of para-hydroxylation sites is 1. The Balaban J connectivity index is 1.68.